The van der Waals surface area contributed by atoms with Crippen LogP contribution in [-0.4, -0.2) is 35.6 Å². The molecule has 0 unspecified atom stereocenters. The Morgan fingerprint density at radius 3 is 2.77 bits per heavy atom. The van der Waals surface area contributed by atoms with Gasteiger partial charge < -0.3 is 15.3 Å². The van der Waals surface area contributed by atoms with E-state index in [9.17, 15) is 5.11 Å². The Bertz CT molecular complexity index is 528. The molecule has 122 valence electrons. The molecule has 1 saturated heterocycles. The van der Waals surface area contributed by atoms with Crippen LogP contribution in [0, 0.1) is 5.41 Å². The Labute approximate surface area is 150 Å². The monoisotopic (exact) mass is 415 g/mol. The maximum absolute atomic E-state index is 9.53. The van der Waals surface area contributed by atoms with Crippen LogP contribution in [0.4, 0.5) is 0 Å². The van der Waals surface area contributed by atoms with Crippen LogP contribution in [0.5, 0.6) is 5.75 Å². The number of aliphatic imine (C=N–C) groups is 1. The second-order valence-corrected chi connectivity index (χ2v) is 6.37. The van der Waals surface area contributed by atoms with E-state index in [-0.39, 0.29) is 24.0 Å². The molecule has 5 heteroatoms. The van der Waals surface area contributed by atoms with Crippen molar-refractivity contribution in [2.45, 2.75) is 39.2 Å². The largest absolute Gasteiger partial charge is 0.508 e. The Kier molecular flexibility index (Phi) is 5.94. The van der Waals surface area contributed by atoms with Crippen molar-refractivity contribution in [1.82, 2.24) is 10.2 Å². The lowest BCUT2D eigenvalue weighted by atomic mass is 9.68. The molecule has 4 nitrogen and oxygen atoms in total. The average molecular weight is 415 g/mol. The number of phenolic OH excluding ortho intramolecular Hbond substituents is 1. The number of nitrogens with zero attached hydrogens (tertiary/aromatic N) is 2. The molecule has 1 saturated carbocycles. The van der Waals surface area contributed by atoms with Gasteiger partial charge in [-0.2, -0.15) is 0 Å². The lowest BCUT2D eigenvalue weighted by Crippen LogP contribution is -2.42. The quantitative estimate of drug-likeness (QED) is 0.452. The van der Waals surface area contributed by atoms with Crippen LogP contribution < -0.4 is 5.32 Å². The van der Waals surface area contributed by atoms with Crippen LogP contribution >= 0.6 is 24.0 Å². The van der Waals surface area contributed by atoms with Crippen LogP contribution in [0.25, 0.3) is 0 Å². The van der Waals surface area contributed by atoms with Gasteiger partial charge in [0.2, 0.25) is 0 Å². The van der Waals surface area contributed by atoms with Gasteiger partial charge in [-0.25, -0.2) is 4.99 Å². The van der Waals surface area contributed by atoms with Gasteiger partial charge in [-0.1, -0.05) is 18.6 Å². The fraction of sp³-hybridized carbons (Fsp3) is 0.588. The predicted octanol–water partition coefficient (Wildman–Crippen LogP) is 3.35. The highest BCUT2D eigenvalue weighted by atomic mass is 127. The van der Waals surface area contributed by atoms with Gasteiger partial charge in [0.15, 0.2) is 5.96 Å². The number of hydrogen-bond acceptors (Lipinski definition) is 2. The molecular formula is C17H26IN3O. The lowest BCUT2D eigenvalue weighted by Gasteiger charge is -2.38. The molecule has 22 heavy (non-hydrogen) atoms. The van der Waals surface area contributed by atoms with Crippen LogP contribution in [0.3, 0.4) is 0 Å². The van der Waals surface area contributed by atoms with Crippen molar-refractivity contribution in [3.63, 3.8) is 0 Å². The van der Waals surface area contributed by atoms with Crippen LogP contribution in [0.1, 0.15) is 38.2 Å². The molecule has 1 aliphatic heterocycles. The number of phenols is 1. The minimum absolute atomic E-state index is 0. The summed E-state index contributed by atoms with van der Waals surface area (Å²) in [5.74, 6) is 1.33. The smallest absolute Gasteiger partial charge is 0.194 e. The Balaban J connectivity index is 0.00000176. The highest BCUT2D eigenvalue weighted by Gasteiger charge is 2.43. The summed E-state index contributed by atoms with van der Waals surface area (Å²) in [7, 11) is 0. The van der Waals surface area contributed by atoms with Crippen molar-refractivity contribution in [2.24, 2.45) is 10.4 Å². The molecule has 1 spiro atoms. The number of nitrogens with one attached hydrogen (secondary N) is 1. The normalized spacial score (nSPS) is 19.7. The SMILES string of the molecule is CCNC(=NCc1cccc(O)c1)N1CCC2(CCC2)C1.I. The van der Waals surface area contributed by atoms with Crippen LogP contribution in [-0.2, 0) is 6.54 Å². The van der Waals surface area contributed by atoms with E-state index >= 15 is 0 Å². The summed E-state index contributed by atoms with van der Waals surface area (Å²) in [6, 6.07) is 7.35. The van der Waals surface area contributed by atoms with Gasteiger partial charge in [0.05, 0.1) is 6.54 Å². The van der Waals surface area contributed by atoms with Crippen molar-refractivity contribution in [1.29, 1.82) is 0 Å². The van der Waals surface area contributed by atoms with E-state index in [1.165, 1.54) is 25.7 Å². The highest BCUT2D eigenvalue weighted by Crippen LogP contribution is 2.47. The standard InChI is InChI=1S/C17H25N3O.HI/c1-2-18-16(19-12-14-5-3-6-15(21)11-14)20-10-9-17(13-20)7-4-8-17;/h3,5-6,11,21H,2,4,7-10,12-13H2,1H3,(H,18,19);1H. The van der Waals surface area contributed by atoms with Crippen molar-refractivity contribution in [2.75, 3.05) is 19.6 Å². The van der Waals surface area contributed by atoms with Gasteiger partial charge in [-0.15, -0.1) is 24.0 Å². The number of rotatable bonds is 3. The first-order valence-electron chi connectivity index (χ1n) is 8.02. The zero-order chi connectivity index (χ0) is 14.7. The summed E-state index contributed by atoms with van der Waals surface area (Å²) >= 11 is 0. The molecule has 2 N–H and O–H groups in total. The molecule has 0 bridgehead atoms. The van der Waals surface area contributed by atoms with E-state index in [1.54, 1.807) is 12.1 Å². The second-order valence-electron chi connectivity index (χ2n) is 6.37. The number of hydrogen-bond donors (Lipinski definition) is 2. The van der Waals surface area contributed by atoms with Crippen molar-refractivity contribution in [3.05, 3.63) is 29.8 Å². The zero-order valence-electron chi connectivity index (χ0n) is 13.2. The molecule has 1 aromatic carbocycles. The van der Waals surface area contributed by atoms with Crippen LogP contribution in [0.15, 0.2) is 29.3 Å². The molecule has 2 fully saturated rings. The fourth-order valence-electron chi connectivity index (χ4n) is 3.45. The topological polar surface area (TPSA) is 47.9 Å². The van der Waals surface area contributed by atoms with E-state index in [1.807, 2.05) is 12.1 Å². The molecular weight excluding hydrogens is 389 g/mol. The third kappa shape index (κ3) is 3.86. The average Bonchev–Trinajstić information content (AvgIpc) is 2.89. The lowest BCUT2D eigenvalue weighted by molar-refractivity contribution is 0.151. The van der Waals surface area contributed by atoms with E-state index < -0.39 is 0 Å². The first kappa shape index (κ1) is 17.4. The molecule has 0 aromatic heterocycles. The fourth-order valence-corrected chi connectivity index (χ4v) is 3.45. The number of aromatic hydroxyl groups is 1. The number of halogens is 1. The van der Waals surface area contributed by atoms with Gasteiger partial charge in [0.1, 0.15) is 5.75 Å². The number of benzene rings is 1. The predicted molar refractivity (Wildman–Crippen MR) is 101 cm³/mol. The summed E-state index contributed by atoms with van der Waals surface area (Å²) in [6.45, 7) is 5.88. The maximum Gasteiger partial charge on any atom is 0.194 e. The molecule has 0 atom stereocenters. The van der Waals surface area contributed by atoms with E-state index in [0.717, 1.165) is 31.2 Å². The zero-order valence-corrected chi connectivity index (χ0v) is 15.5. The summed E-state index contributed by atoms with van der Waals surface area (Å²) in [5.41, 5.74) is 1.63. The van der Waals surface area contributed by atoms with E-state index in [2.05, 4.69) is 17.1 Å². The molecule has 3 rings (SSSR count). The summed E-state index contributed by atoms with van der Waals surface area (Å²) in [5, 5.41) is 12.9. The van der Waals surface area contributed by atoms with Crippen molar-refractivity contribution >= 4 is 29.9 Å². The molecule has 1 heterocycles. The molecule has 1 aliphatic carbocycles. The Hall–Kier alpha value is -0.980. The molecule has 0 amide bonds. The van der Waals surface area contributed by atoms with E-state index in [4.69, 9.17) is 4.99 Å². The van der Waals surface area contributed by atoms with Gasteiger partial charge in [0.25, 0.3) is 0 Å². The van der Waals surface area contributed by atoms with Gasteiger partial charge >= 0.3 is 0 Å². The number of likely N-dealkylation sites (tertiary alicyclic amines) is 1. The third-order valence-corrected chi connectivity index (χ3v) is 4.81. The van der Waals surface area contributed by atoms with E-state index in [0.29, 0.717) is 17.7 Å². The Morgan fingerprint density at radius 2 is 2.18 bits per heavy atom. The highest BCUT2D eigenvalue weighted by molar-refractivity contribution is 14.0. The van der Waals surface area contributed by atoms with Crippen molar-refractivity contribution in [3.8, 4) is 5.75 Å². The Morgan fingerprint density at radius 1 is 1.36 bits per heavy atom. The summed E-state index contributed by atoms with van der Waals surface area (Å²) in [4.78, 5) is 7.16. The molecule has 1 aromatic rings. The third-order valence-electron chi connectivity index (χ3n) is 4.81. The first-order valence-corrected chi connectivity index (χ1v) is 8.02. The maximum atomic E-state index is 9.53. The van der Waals surface area contributed by atoms with Gasteiger partial charge in [-0.3, -0.25) is 0 Å². The minimum atomic E-state index is 0. The minimum Gasteiger partial charge on any atom is -0.508 e. The molecule has 2 aliphatic rings. The van der Waals surface area contributed by atoms with Crippen molar-refractivity contribution < 1.29 is 5.11 Å². The van der Waals surface area contributed by atoms with Crippen LogP contribution in [0.2, 0.25) is 0 Å². The molecule has 0 radical (unpaired) electrons. The summed E-state index contributed by atoms with van der Waals surface area (Å²) < 4.78 is 0. The summed E-state index contributed by atoms with van der Waals surface area (Å²) in [6.07, 6.45) is 5.47. The second kappa shape index (κ2) is 7.53. The first-order chi connectivity index (χ1) is 10.2. The van der Waals surface area contributed by atoms with Gasteiger partial charge in [-0.05, 0) is 49.3 Å². The number of guanidine groups is 1. The van der Waals surface area contributed by atoms with Gasteiger partial charge in [0, 0.05) is 19.6 Å².